The van der Waals surface area contributed by atoms with Gasteiger partial charge in [-0.2, -0.15) is 0 Å². The van der Waals surface area contributed by atoms with E-state index in [4.69, 9.17) is 4.74 Å². The second-order valence-electron chi connectivity index (χ2n) is 3.99. The molecule has 0 spiro atoms. The zero-order valence-corrected chi connectivity index (χ0v) is 17.1. The number of esters is 1. The second-order valence-corrected chi connectivity index (χ2v) is 7.48. The van der Waals surface area contributed by atoms with E-state index in [1.165, 1.54) is 6.42 Å². The van der Waals surface area contributed by atoms with Gasteiger partial charge in [0.2, 0.25) is 0 Å². The monoisotopic (exact) mass is 599 g/mol. The number of unbranched alkanes of at least 4 members (excludes halogenated alkanes) is 1. The van der Waals surface area contributed by atoms with E-state index in [1.807, 2.05) is 12.1 Å². The summed E-state index contributed by atoms with van der Waals surface area (Å²) in [6.07, 6.45) is 2.33. The van der Waals surface area contributed by atoms with E-state index in [2.05, 4.69) is 80.0 Å². The molecule has 0 fully saturated rings. The van der Waals surface area contributed by atoms with Gasteiger partial charge in [0, 0.05) is 17.3 Å². The first-order valence-corrected chi connectivity index (χ1v) is 9.32. The van der Waals surface area contributed by atoms with E-state index < -0.39 is 0 Å². The number of ether oxygens (including phenoxy) is 1. The summed E-state index contributed by atoms with van der Waals surface area (Å²) in [6, 6.07) is 3.92. The van der Waals surface area contributed by atoms with Crippen molar-refractivity contribution >= 4 is 73.7 Å². The minimum atomic E-state index is -0.238. The zero-order chi connectivity index (χ0) is 14.3. The molecular formula is C13H16I3NO2. The fourth-order valence-corrected chi connectivity index (χ4v) is 3.80. The van der Waals surface area contributed by atoms with Crippen molar-refractivity contribution in [3.8, 4) is 0 Å². The highest BCUT2D eigenvalue weighted by atomic mass is 127. The molecule has 1 N–H and O–H groups in total. The number of carbonyl (C=O) groups excluding carboxylic acids is 1. The van der Waals surface area contributed by atoms with E-state index in [0.717, 1.165) is 23.7 Å². The lowest BCUT2D eigenvalue weighted by atomic mass is 10.2. The Balaban J connectivity index is 2.46. The molecule has 0 saturated carbocycles. The Morgan fingerprint density at radius 3 is 2.68 bits per heavy atom. The molecule has 0 atom stereocenters. The highest BCUT2D eigenvalue weighted by molar-refractivity contribution is 14.1. The molecule has 0 aliphatic heterocycles. The Bertz CT molecular complexity index is 438. The molecule has 106 valence electrons. The van der Waals surface area contributed by atoms with Crippen LogP contribution in [0.4, 0.5) is 0 Å². The van der Waals surface area contributed by atoms with E-state index in [-0.39, 0.29) is 5.97 Å². The molecule has 1 aromatic rings. The summed E-state index contributed by atoms with van der Waals surface area (Å²) in [5.41, 5.74) is 0.658. The van der Waals surface area contributed by atoms with Crippen molar-refractivity contribution in [2.24, 2.45) is 0 Å². The third kappa shape index (κ3) is 6.42. The van der Waals surface area contributed by atoms with Gasteiger partial charge in [-0.3, -0.25) is 0 Å². The molecule has 6 heteroatoms. The van der Waals surface area contributed by atoms with E-state index >= 15 is 0 Å². The van der Waals surface area contributed by atoms with Gasteiger partial charge in [-0.15, -0.1) is 0 Å². The number of benzene rings is 1. The quantitative estimate of drug-likeness (QED) is 0.223. The third-order valence-electron chi connectivity index (χ3n) is 2.43. The minimum Gasteiger partial charge on any atom is -0.461 e. The normalized spacial score (nSPS) is 10.5. The van der Waals surface area contributed by atoms with Crippen LogP contribution in [0.2, 0.25) is 0 Å². The van der Waals surface area contributed by atoms with Crippen molar-refractivity contribution in [1.29, 1.82) is 0 Å². The Morgan fingerprint density at radius 2 is 2.00 bits per heavy atom. The summed E-state index contributed by atoms with van der Waals surface area (Å²) in [6.45, 7) is 4.26. The Morgan fingerprint density at radius 1 is 1.26 bits per heavy atom. The number of carbonyl (C=O) groups is 1. The lowest BCUT2D eigenvalue weighted by Crippen LogP contribution is -2.22. The maximum absolute atomic E-state index is 12.0. The first kappa shape index (κ1) is 17.9. The molecule has 0 saturated heterocycles. The zero-order valence-electron chi connectivity index (χ0n) is 10.6. The lowest BCUT2D eigenvalue weighted by molar-refractivity contribution is 0.0507. The lowest BCUT2D eigenvalue weighted by Gasteiger charge is -2.09. The topological polar surface area (TPSA) is 38.3 Å². The summed E-state index contributed by atoms with van der Waals surface area (Å²) < 4.78 is 8.38. The van der Waals surface area contributed by atoms with Crippen molar-refractivity contribution in [3.63, 3.8) is 0 Å². The highest BCUT2D eigenvalue weighted by Gasteiger charge is 2.14. The van der Waals surface area contributed by atoms with Gasteiger partial charge < -0.3 is 10.1 Å². The molecule has 3 nitrogen and oxygen atoms in total. The number of nitrogens with one attached hydrogen (secondary N) is 1. The average Bonchev–Trinajstić information content (AvgIpc) is 2.37. The smallest absolute Gasteiger partial charge is 0.339 e. The molecule has 0 unspecified atom stereocenters. The molecule has 1 rings (SSSR count). The SMILES string of the molecule is CCCCNCCOC(=O)c1cc(I)cc(I)c1I. The molecule has 0 radical (unpaired) electrons. The van der Waals surface area contributed by atoms with Crippen molar-refractivity contribution in [1.82, 2.24) is 5.32 Å². The van der Waals surface area contributed by atoms with Crippen LogP contribution in [0.1, 0.15) is 30.1 Å². The van der Waals surface area contributed by atoms with Crippen LogP contribution >= 0.6 is 67.8 Å². The molecule has 1 aromatic carbocycles. The van der Waals surface area contributed by atoms with Gasteiger partial charge in [0.25, 0.3) is 0 Å². The van der Waals surface area contributed by atoms with Gasteiger partial charge >= 0.3 is 5.97 Å². The van der Waals surface area contributed by atoms with Crippen LogP contribution in [-0.4, -0.2) is 25.7 Å². The maximum atomic E-state index is 12.0. The van der Waals surface area contributed by atoms with Crippen LogP contribution in [0.15, 0.2) is 12.1 Å². The van der Waals surface area contributed by atoms with Crippen LogP contribution in [0.25, 0.3) is 0 Å². The van der Waals surface area contributed by atoms with Crippen molar-refractivity contribution < 1.29 is 9.53 Å². The molecule has 0 aliphatic rings. The Kier molecular flexibility index (Phi) is 9.15. The number of rotatable bonds is 7. The van der Waals surface area contributed by atoms with Crippen LogP contribution in [0, 0.1) is 10.7 Å². The molecular weight excluding hydrogens is 583 g/mol. The fraction of sp³-hybridized carbons (Fsp3) is 0.462. The van der Waals surface area contributed by atoms with Gasteiger partial charge in [0.1, 0.15) is 6.61 Å². The highest BCUT2D eigenvalue weighted by Crippen LogP contribution is 2.23. The first-order valence-electron chi connectivity index (χ1n) is 6.08. The first-order chi connectivity index (χ1) is 9.06. The largest absolute Gasteiger partial charge is 0.461 e. The predicted octanol–water partition coefficient (Wildman–Crippen LogP) is 4.05. The van der Waals surface area contributed by atoms with Gasteiger partial charge in [0.15, 0.2) is 0 Å². The van der Waals surface area contributed by atoms with Crippen molar-refractivity contribution in [2.75, 3.05) is 19.7 Å². The van der Waals surface area contributed by atoms with Crippen molar-refractivity contribution in [2.45, 2.75) is 19.8 Å². The maximum Gasteiger partial charge on any atom is 0.339 e. The Hall–Kier alpha value is 0.840. The minimum absolute atomic E-state index is 0.238. The van der Waals surface area contributed by atoms with E-state index in [1.54, 1.807) is 0 Å². The standard InChI is InChI=1S/C13H16I3NO2/c1-2-3-4-17-5-6-19-13(18)10-7-9(14)8-11(15)12(10)16/h7-8,17H,2-6H2,1H3. The third-order valence-corrected chi connectivity index (χ3v) is 6.10. The van der Waals surface area contributed by atoms with Crippen LogP contribution < -0.4 is 5.32 Å². The van der Waals surface area contributed by atoms with Gasteiger partial charge in [-0.05, 0) is 92.9 Å². The number of halogens is 3. The van der Waals surface area contributed by atoms with Crippen LogP contribution in [0.5, 0.6) is 0 Å². The fourth-order valence-electron chi connectivity index (χ4n) is 1.42. The molecule has 0 heterocycles. The van der Waals surface area contributed by atoms with Crippen molar-refractivity contribution in [3.05, 3.63) is 28.4 Å². The van der Waals surface area contributed by atoms with Crippen LogP contribution in [0.3, 0.4) is 0 Å². The number of hydrogen-bond acceptors (Lipinski definition) is 3. The summed E-state index contributed by atoms with van der Waals surface area (Å²) in [5, 5.41) is 3.25. The summed E-state index contributed by atoms with van der Waals surface area (Å²) >= 11 is 6.64. The predicted molar refractivity (Wildman–Crippen MR) is 103 cm³/mol. The molecule has 19 heavy (non-hydrogen) atoms. The molecule has 0 bridgehead atoms. The Labute approximate surface area is 155 Å². The van der Waals surface area contributed by atoms with E-state index in [0.29, 0.717) is 18.7 Å². The number of hydrogen-bond donors (Lipinski definition) is 1. The molecule has 0 amide bonds. The molecule has 0 aliphatic carbocycles. The summed E-state index contributed by atoms with van der Waals surface area (Å²) in [4.78, 5) is 12.0. The average molecular weight is 599 g/mol. The van der Waals surface area contributed by atoms with Gasteiger partial charge in [-0.1, -0.05) is 13.3 Å². The van der Waals surface area contributed by atoms with Crippen LogP contribution in [-0.2, 0) is 4.74 Å². The molecule has 0 aromatic heterocycles. The van der Waals surface area contributed by atoms with Gasteiger partial charge in [-0.25, -0.2) is 4.79 Å². The second kappa shape index (κ2) is 9.72. The van der Waals surface area contributed by atoms with Gasteiger partial charge in [0.05, 0.1) is 5.56 Å². The summed E-state index contributed by atoms with van der Waals surface area (Å²) in [7, 11) is 0. The summed E-state index contributed by atoms with van der Waals surface area (Å²) in [5.74, 6) is -0.238. The van der Waals surface area contributed by atoms with E-state index in [9.17, 15) is 4.79 Å².